The van der Waals surface area contributed by atoms with Crippen molar-refractivity contribution in [1.82, 2.24) is 25.2 Å². The van der Waals surface area contributed by atoms with Gasteiger partial charge in [0.15, 0.2) is 11.3 Å². The molecule has 4 fully saturated rings. The fourth-order valence-electron chi connectivity index (χ4n) is 8.02. The molecule has 14 nitrogen and oxygen atoms in total. The minimum absolute atomic E-state index is 0.0571. The zero-order valence-corrected chi connectivity index (χ0v) is 31.9. The molecule has 2 aromatic carbocycles. The Hall–Kier alpha value is -5.25. The molecule has 2 aromatic heterocycles. The lowest BCUT2D eigenvalue weighted by Crippen LogP contribution is -2.59. The molecule has 0 unspecified atom stereocenters. The number of nitrogens with one attached hydrogen (secondary N) is 3. The van der Waals surface area contributed by atoms with E-state index in [1.165, 1.54) is 29.2 Å². The van der Waals surface area contributed by atoms with Crippen LogP contribution in [0.4, 0.5) is 9.18 Å². The highest BCUT2D eigenvalue weighted by molar-refractivity contribution is 7.91. The number of aromatic nitrogens is 1. The van der Waals surface area contributed by atoms with Crippen LogP contribution in [0.15, 0.2) is 59.5 Å². The van der Waals surface area contributed by atoms with E-state index < -0.39 is 80.5 Å². The second-order valence-corrected chi connectivity index (χ2v) is 17.7. The first-order valence-corrected chi connectivity index (χ1v) is 20.7. The van der Waals surface area contributed by atoms with Gasteiger partial charge >= 0.3 is 6.09 Å². The summed E-state index contributed by atoms with van der Waals surface area (Å²) in [5.41, 5.74) is -0.0210. The van der Waals surface area contributed by atoms with E-state index in [-0.39, 0.29) is 31.2 Å². The maximum Gasteiger partial charge on any atom is 0.408 e. The Morgan fingerprint density at radius 2 is 1.80 bits per heavy atom. The van der Waals surface area contributed by atoms with Gasteiger partial charge in [-0.2, -0.15) is 0 Å². The van der Waals surface area contributed by atoms with Crippen LogP contribution in [0.5, 0.6) is 5.75 Å². The van der Waals surface area contributed by atoms with Crippen LogP contribution in [-0.4, -0.2) is 83.7 Å². The smallest absolute Gasteiger partial charge is 0.408 e. The first kappa shape index (κ1) is 37.7. The Morgan fingerprint density at radius 3 is 2.50 bits per heavy atom. The molecule has 0 bridgehead atoms. The molecule has 4 amide bonds. The molecule has 5 atom stereocenters. The lowest BCUT2D eigenvalue weighted by Gasteiger charge is -2.31. The molecule has 296 valence electrons. The largest absolute Gasteiger partial charge is 0.484 e. The van der Waals surface area contributed by atoms with Crippen molar-refractivity contribution in [2.45, 2.75) is 100 Å². The molecule has 0 spiro atoms. The molecule has 16 heteroatoms. The molecule has 4 aliphatic rings. The van der Waals surface area contributed by atoms with Gasteiger partial charge in [0.2, 0.25) is 21.8 Å². The summed E-state index contributed by atoms with van der Waals surface area (Å²) in [6, 6.07) is 9.01. The van der Waals surface area contributed by atoms with Crippen LogP contribution in [0.25, 0.3) is 33.0 Å². The number of furan rings is 1. The van der Waals surface area contributed by atoms with Crippen LogP contribution in [0.2, 0.25) is 0 Å². The number of fused-ring (bicyclic) bond motifs is 4. The van der Waals surface area contributed by atoms with Gasteiger partial charge in [-0.3, -0.25) is 19.1 Å². The average Bonchev–Trinajstić information content (AvgIpc) is 3.98. The number of amides is 4. The van der Waals surface area contributed by atoms with Crippen LogP contribution in [-0.2, 0) is 29.1 Å². The highest BCUT2D eigenvalue weighted by Crippen LogP contribution is 2.46. The van der Waals surface area contributed by atoms with E-state index in [2.05, 4.69) is 21.9 Å². The minimum atomic E-state index is -3.93. The summed E-state index contributed by atoms with van der Waals surface area (Å²) in [6.45, 7) is 7.18. The second-order valence-electron chi connectivity index (χ2n) is 15.7. The molecule has 3 heterocycles. The van der Waals surface area contributed by atoms with Crippen molar-refractivity contribution >= 4 is 66.8 Å². The van der Waals surface area contributed by atoms with Crippen molar-refractivity contribution in [1.29, 1.82) is 0 Å². The fraction of sp³-hybridized carbons (Fsp3) is 0.475. The van der Waals surface area contributed by atoms with Crippen LogP contribution in [0, 0.1) is 17.7 Å². The van der Waals surface area contributed by atoms with Gasteiger partial charge in [-0.15, -0.1) is 6.58 Å². The maximum atomic E-state index is 14.5. The Kier molecular flexibility index (Phi) is 9.66. The molecular weight excluding hydrogens is 746 g/mol. The number of carbonyl (C=O) groups is 4. The standard InChI is InChI=1S/C40H44FN5O9S/c1-4-22-19-40(22,38(49)45-56(51,52)26-14-15-26)44-36(47)30-18-25(20-46(30)37(48)32(21(2)3)43-39(50)54-24-9-5-6-10-24)53-34-27-16-13-23(41)17-29(27)42-33-28-11-7-8-12-31(28)55-35(33)34/h4,7-8,11-13,16-17,21-22,24-26,30,32H,1,5-6,9-10,14-15,18-20H2,2-3H3,(H,43,50)(H,44,47)(H,45,49)/t22-,25-,30+,32+,40-/m1/s1. The summed E-state index contributed by atoms with van der Waals surface area (Å²) in [4.78, 5) is 61.6. The van der Waals surface area contributed by atoms with Gasteiger partial charge in [0.1, 0.15) is 46.7 Å². The summed E-state index contributed by atoms with van der Waals surface area (Å²) in [5.74, 6) is -3.39. The van der Waals surface area contributed by atoms with Crippen molar-refractivity contribution in [3.05, 3.63) is 60.9 Å². The van der Waals surface area contributed by atoms with E-state index in [9.17, 15) is 32.0 Å². The second kappa shape index (κ2) is 14.4. The van der Waals surface area contributed by atoms with Crippen molar-refractivity contribution in [3.8, 4) is 5.75 Å². The highest BCUT2D eigenvalue weighted by Gasteiger charge is 2.62. The van der Waals surface area contributed by atoms with Gasteiger partial charge in [0.25, 0.3) is 5.91 Å². The summed E-state index contributed by atoms with van der Waals surface area (Å²) in [5, 5.41) is 5.97. The number of nitrogens with zero attached hydrogens (tertiary/aromatic N) is 2. The van der Waals surface area contributed by atoms with E-state index in [4.69, 9.17) is 18.9 Å². The number of hydrogen-bond donors (Lipinski definition) is 3. The number of likely N-dealkylation sites (tertiary alicyclic amines) is 1. The lowest BCUT2D eigenvalue weighted by molar-refractivity contribution is -0.141. The SMILES string of the molecule is C=C[C@@H]1C[C@]1(NC(=O)[C@@H]1C[C@@H](Oc2c3ccc(F)cc3nc3c2oc2ccccc23)CN1C(=O)[C@@H](NC(=O)OC1CCCC1)C(C)C)C(=O)NS(=O)(=O)C1CC1. The van der Waals surface area contributed by atoms with E-state index in [1.807, 2.05) is 18.2 Å². The summed E-state index contributed by atoms with van der Waals surface area (Å²) in [6.07, 6.45) is 3.95. The Labute approximate surface area is 322 Å². The van der Waals surface area contributed by atoms with Gasteiger partial charge in [0, 0.05) is 29.2 Å². The number of ether oxygens (including phenoxy) is 2. The summed E-state index contributed by atoms with van der Waals surface area (Å²) < 4.78 is 60.7. The number of benzene rings is 2. The first-order valence-electron chi connectivity index (χ1n) is 19.1. The molecular formula is C40H44FN5O9S. The number of alkyl carbamates (subject to hydrolysis) is 1. The van der Waals surface area contributed by atoms with Crippen LogP contribution in [0.1, 0.15) is 65.2 Å². The number of hydrogen-bond acceptors (Lipinski definition) is 10. The Bertz CT molecular complexity index is 2370. The molecule has 3 aliphatic carbocycles. The van der Waals surface area contributed by atoms with Crippen molar-refractivity contribution in [3.63, 3.8) is 0 Å². The van der Waals surface area contributed by atoms with E-state index in [0.717, 1.165) is 25.7 Å². The normalized spacial score (nSPS) is 24.4. The highest BCUT2D eigenvalue weighted by atomic mass is 32.2. The quantitative estimate of drug-likeness (QED) is 0.165. The third-order valence-corrected chi connectivity index (χ3v) is 13.2. The third kappa shape index (κ3) is 7.03. The van der Waals surface area contributed by atoms with Crippen molar-refractivity contribution in [2.75, 3.05) is 6.54 Å². The van der Waals surface area contributed by atoms with Gasteiger partial charge in [0.05, 0.1) is 17.3 Å². The summed E-state index contributed by atoms with van der Waals surface area (Å²) >= 11 is 0. The van der Waals surface area contributed by atoms with Gasteiger partial charge in [-0.1, -0.05) is 32.1 Å². The van der Waals surface area contributed by atoms with Gasteiger partial charge < -0.3 is 29.4 Å². The molecule has 3 N–H and O–H groups in total. The number of para-hydroxylation sites is 1. The molecule has 1 aliphatic heterocycles. The minimum Gasteiger partial charge on any atom is -0.484 e. The number of halogens is 1. The first-order chi connectivity index (χ1) is 26.8. The third-order valence-electron chi connectivity index (χ3n) is 11.4. The molecule has 0 radical (unpaired) electrons. The molecule has 4 aromatic rings. The topological polar surface area (TPSA) is 186 Å². The van der Waals surface area contributed by atoms with Crippen molar-refractivity contribution < 1.29 is 45.9 Å². The van der Waals surface area contributed by atoms with Crippen LogP contribution >= 0.6 is 0 Å². The van der Waals surface area contributed by atoms with E-state index in [1.54, 1.807) is 19.9 Å². The van der Waals surface area contributed by atoms with Crippen molar-refractivity contribution in [2.24, 2.45) is 11.8 Å². The Balaban J connectivity index is 1.12. The molecule has 8 rings (SSSR count). The molecule has 56 heavy (non-hydrogen) atoms. The number of sulfonamides is 1. The average molecular weight is 790 g/mol. The van der Waals surface area contributed by atoms with Crippen LogP contribution < -0.4 is 20.1 Å². The maximum absolute atomic E-state index is 14.5. The van der Waals surface area contributed by atoms with Gasteiger partial charge in [-0.05, 0) is 75.1 Å². The molecule has 1 saturated heterocycles. The molecule has 3 saturated carbocycles. The Morgan fingerprint density at radius 1 is 1.05 bits per heavy atom. The zero-order chi connectivity index (χ0) is 39.5. The lowest BCUT2D eigenvalue weighted by atomic mass is 10.0. The van der Waals surface area contributed by atoms with E-state index in [0.29, 0.717) is 45.8 Å². The number of rotatable bonds is 12. The zero-order valence-electron chi connectivity index (χ0n) is 31.1. The number of pyridine rings is 1. The summed E-state index contributed by atoms with van der Waals surface area (Å²) in [7, 11) is -3.93. The van der Waals surface area contributed by atoms with Gasteiger partial charge in [-0.25, -0.2) is 22.6 Å². The van der Waals surface area contributed by atoms with E-state index >= 15 is 0 Å². The number of carbonyl (C=O) groups excluding carboxylic acids is 4. The predicted octanol–water partition coefficient (Wildman–Crippen LogP) is 4.98. The van der Waals surface area contributed by atoms with Crippen LogP contribution in [0.3, 0.4) is 0 Å². The fourth-order valence-corrected chi connectivity index (χ4v) is 9.38. The predicted molar refractivity (Wildman–Crippen MR) is 203 cm³/mol. The monoisotopic (exact) mass is 789 g/mol.